The molecule has 1 heterocycles. The summed E-state index contributed by atoms with van der Waals surface area (Å²) in [5.41, 5.74) is -1.93. The molecule has 9 nitrogen and oxygen atoms in total. The van der Waals surface area contributed by atoms with E-state index < -0.39 is 54.5 Å². The Balaban J connectivity index is 2.32. The summed E-state index contributed by atoms with van der Waals surface area (Å²) in [6.07, 6.45) is -8.05. The Labute approximate surface area is 143 Å². The van der Waals surface area contributed by atoms with Gasteiger partial charge in [-0.3, -0.25) is 4.79 Å². The Bertz CT molecular complexity index is 622. The highest BCUT2D eigenvalue weighted by Crippen LogP contribution is 2.29. The van der Waals surface area contributed by atoms with Crippen molar-refractivity contribution in [2.75, 3.05) is 6.61 Å². The first-order chi connectivity index (χ1) is 11.7. The number of amides is 1. The summed E-state index contributed by atoms with van der Waals surface area (Å²) in [6, 6.07) is 7.84. The molecule has 0 unspecified atom stereocenters. The monoisotopic (exact) mass is 355 g/mol. The number of benzene rings is 1. The molecule has 0 radical (unpaired) electrons. The van der Waals surface area contributed by atoms with Crippen LogP contribution in [-0.4, -0.2) is 80.1 Å². The number of rotatable bonds is 5. The summed E-state index contributed by atoms with van der Waals surface area (Å²) in [5, 5.41) is 51.0. The van der Waals surface area contributed by atoms with Crippen LogP contribution < -0.4 is 5.32 Å². The van der Waals surface area contributed by atoms with Crippen LogP contribution in [0.2, 0.25) is 0 Å². The summed E-state index contributed by atoms with van der Waals surface area (Å²) in [6.45, 7) is 0.409. The second-order valence-corrected chi connectivity index (χ2v) is 6.08. The van der Waals surface area contributed by atoms with Crippen LogP contribution in [0.4, 0.5) is 0 Å². The molecule has 0 bridgehead atoms. The van der Waals surface area contributed by atoms with Crippen LogP contribution in [0.1, 0.15) is 17.3 Å². The first kappa shape index (κ1) is 19.3. The molecule has 1 aliphatic rings. The standard InChI is InChI=1S/C16H21NO8/c1-16(15(23)24,17-14(22)8-5-3-2-4-6-8)13-12(21)11(20)10(19)9(7-18)25-13/h2-6,9-13,18-21H,7H2,1H3,(H,17,22)(H,23,24)/t9-,10-,11+,12+,13+,16+/m1/s1. The molecular formula is C16H21NO8. The minimum Gasteiger partial charge on any atom is -0.479 e. The van der Waals surface area contributed by atoms with Crippen LogP contribution in [0.15, 0.2) is 30.3 Å². The van der Waals surface area contributed by atoms with Crippen LogP contribution in [-0.2, 0) is 9.53 Å². The van der Waals surface area contributed by atoms with Gasteiger partial charge in [0.25, 0.3) is 5.91 Å². The van der Waals surface area contributed by atoms with Crippen LogP contribution in [0.5, 0.6) is 0 Å². The minimum atomic E-state index is -2.12. The van der Waals surface area contributed by atoms with Crippen LogP contribution in [0.3, 0.4) is 0 Å². The minimum absolute atomic E-state index is 0.194. The van der Waals surface area contributed by atoms with Gasteiger partial charge in [-0.2, -0.15) is 0 Å². The predicted octanol–water partition coefficient (Wildman–Crippen LogP) is -1.90. The number of hydrogen-bond donors (Lipinski definition) is 6. The number of ether oxygens (including phenoxy) is 1. The summed E-state index contributed by atoms with van der Waals surface area (Å²) in [7, 11) is 0. The largest absolute Gasteiger partial charge is 0.479 e. The van der Waals surface area contributed by atoms with Gasteiger partial charge in [-0.05, 0) is 19.1 Å². The second-order valence-electron chi connectivity index (χ2n) is 6.08. The van der Waals surface area contributed by atoms with Crippen molar-refractivity contribution < 1.29 is 39.9 Å². The van der Waals surface area contributed by atoms with E-state index in [2.05, 4.69) is 5.32 Å². The second kappa shape index (κ2) is 7.46. The third kappa shape index (κ3) is 3.65. The van der Waals surface area contributed by atoms with Gasteiger partial charge < -0.3 is 35.6 Å². The lowest BCUT2D eigenvalue weighted by molar-refractivity contribution is -0.245. The van der Waals surface area contributed by atoms with E-state index in [0.717, 1.165) is 6.92 Å². The van der Waals surface area contributed by atoms with Crippen molar-refractivity contribution in [1.29, 1.82) is 0 Å². The molecule has 2 rings (SSSR count). The Kier molecular flexibility index (Phi) is 5.76. The van der Waals surface area contributed by atoms with Crippen LogP contribution >= 0.6 is 0 Å². The maximum absolute atomic E-state index is 12.3. The molecule has 6 N–H and O–H groups in total. The number of carboxylic acid groups (broad SMARTS) is 1. The summed E-state index contributed by atoms with van der Waals surface area (Å²) in [4.78, 5) is 24.1. The predicted molar refractivity (Wildman–Crippen MR) is 83.7 cm³/mol. The lowest BCUT2D eigenvalue weighted by atomic mass is 9.83. The van der Waals surface area contributed by atoms with Crippen molar-refractivity contribution in [3.8, 4) is 0 Å². The van der Waals surface area contributed by atoms with Crippen molar-refractivity contribution in [2.45, 2.75) is 43.0 Å². The van der Waals surface area contributed by atoms with Crippen LogP contribution in [0, 0.1) is 0 Å². The smallest absolute Gasteiger partial charge is 0.331 e. The Hall–Kier alpha value is -2.04. The summed E-state index contributed by atoms with van der Waals surface area (Å²) in [5.74, 6) is -2.23. The number of carbonyl (C=O) groups is 2. The molecule has 0 aromatic heterocycles. The highest BCUT2D eigenvalue weighted by Gasteiger charge is 2.55. The topological polar surface area (TPSA) is 157 Å². The van der Waals surface area contributed by atoms with Gasteiger partial charge in [0.15, 0.2) is 5.54 Å². The molecule has 1 aliphatic heterocycles. The Morgan fingerprint density at radius 1 is 1.12 bits per heavy atom. The van der Waals surface area contributed by atoms with Crippen molar-refractivity contribution in [3.05, 3.63) is 35.9 Å². The van der Waals surface area contributed by atoms with Crippen molar-refractivity contribution in [1.82, 2.24) is 5.32 Å². The summed E-state index contributed by atoms with van der Waals surface area (Å²) >= 11 is 0. The fourth-order valence-electron chi connectivity index (χ4n) is 2.72. The van der Waals surface area contributed by atoms with Crippen LogP contribution in [0.25, 0.3) is 0 Å². The zero-order valence-electron chi connectivity index (χ0n) is 13.4. The molecule has 1 aromatic rings. The number of aliphatic carboxylic acids is 1. The summed E-state index contributed by atoms with van der Waals surface area (Å²) < 4.78 is 5.29. The van der Waals surface area contributed by atoms with Crippen molar-refractivity contribution >= 4 is 11.9 Å². The van der Waals surface area contributed by atoms with Crippen molar-refractivity contribution in [2.24, 2.45) is 0 Å². The average Bonchev–Trinajstić information content (AvgIpc) is 2.60. The normalized spacial score (nSPS) is 31.8. The first-order valence-electron chi connectivity index (χ1n) is 7.64. The number of aliphatic hydroxyl groups excluding tert-OH is 4. The lowest BCUT2D eigenvalue weighted by Gasteiger charge is -2.46. The van der Waals surface area contributed by atoms with E-state index in [9.17, 15) is 35.1 Å². The van der Waals surface area contributed by atoms with E-state index in [0.29, 0.717) is 0 Å². The molecular weight excluding hydrogens is 334 g/mol. The van der Waals surface area contributed by atoms with Crippen molar-refractivity contribution in [3.63, 3.8) is 0 Å². The highest BCUT2D eigenvalue weighted by atomic mass is 16.5. The van der Waals surface area contributed by atoms with E-state index in [1.807, 2.05) is 0 Å². The molecule has 0 aliphatic carbocycles. The molecule has 1 amide bonds. The molecule has 0 spiro atoms. The quantitative estimate of drug-likeness (QED) is 0.358. The van der Waals surface area contributed by atoms with Gasteiger partial charge >= 0.3 is 5.97 Å². The van der Waals surface area contributed by atoms with Gasteiger partial charge in [0.1, 0.15) is 30.5 Å². The first-order valence-corrected chi connectivity index (χ1v) is 7.64. The fraction of sp³-hybridized carbons (Fsp3) is 0.500. The number of carbonyl (C=O) groups excluding carboxylic acids is 1. The zero-order valence-corrected chi connectivity index (χ0v) is 13.4. The van der Waals surface area contributed by atoms with Gasteiger partial charge in [0.2, 0.25) is 0 Å². The molecule has 9 heteroatoms. The maximum atomic E-state index is 12.3. The number of carboxylic acids is 1. The Morgan fingerprint density at radius 2 is 1.72 bits per heavy atom. The van der Waals surface area contributed by atoms with E-state index in [1.54, 1.807) is 18.2 Å². The number of nitrogens with one attached hydrogen (secondary N) is 1. The molecule has 1 saturated heterocycles. The molecule has 1 aromatic carbocycles. The molecule has 138 valence electrons. The van der Waals surface area contributed by atoms with E-state index in [4.69, 9.17) is 4.74 Å². The molecule has 0 saturated carbocycles. The van der Waals surface area contributed by atoms with Gasteiger partial charge in [-0.15, -0.1) is 0 Å². The van der Waals surface area contributed by atoms with Gasteiger partial charge in [-0.25, -0.2) is 4.79 Å². The fourth-order valence-corrected chi connectivity index (χ4v) is 2.72. The molecule has 25 heavy (non-hydrogen) atoms. The maximum Gasteiger partial charge on any atom is 0.331 e. The highest BCUT2D eigenvalue weighted by molar-refractivity contribution is 5.98. The SMILES string of the molecule is C[C@@](NC(=O)c1ccccc1)(C(=O)O)[C@H]1O[C@H](CO)[C@@H](O)[C@H](O)[C@@H]1O. The van der Waals surface area contributed by atoms with E-state index in [-0.39, 0.29) is 5.56 Å². The van der Waals surface area contributed by atoms with E-state index >= 15 is 0 Å². The molecule has 1 fully saturated rings. The average molecular weight is 355 g/mol. The third-order valence-corrected chi connectivity index (χ3v) is 4.31. The number of hydrogen-bond acceptors (Lipinski definition) is 7. The van der Waals surface area contributed by atoms with Gasteiger partial charge in [0, 0.05) is 5.56 Å². The zero-order chi connectivity index (χ0) is 18.8. The number of aliphatic hydroxyl groups is 4. The molecule has 6 atom stereocenters. The van der Waals surface area contributed by atoms with Gasteiger partial charge in [-0.1, -0.05) is 18.2 Å². The third-order valence-electron chi connectivity index (χ3n) is 4.31. The lowest BCUT2D eigenvalue weighted by Crippen LogP contribution is -2.71. The van der Waals surface area contributed by atoms with Gasteiger partial charge in [0.05, 0.1) is 6.61 Å². The van der Waals surface area contributed by atoms with E-state index in [1.165, 1.54) is 12.1 Å². The Morgan fingerprint density at radius 3 is 2.24 bits per heavy atom.